The van der Waals surface area contributed by atoms with Crippen molar-refractivity contribution in [3.63, 3.8) is 0 Å². The molecule has 0 heterocycles. The lowest BCUT2D eigenvalue weighted by Gasteiger charge is -2.42. The number of hydrogen-bond acceptors (Lipinski definition) is 1. The first-order chi connectivity index (χ1) is 7.52. The van der Waals surface area contributed by atoms with E-state index in [1.54, 1.807) is 0 Å². The summed E-state index contributed by atoms with van der Waals surface area (Å²) in [4.78, 5) is 12.3. The smallest absolute Gasteiger partial charge is 0.162 e. The summed E-state index contributed by atoms with van der Waals surface area (Å²) in [5.74, 6) is 2.19. The fraction of sp³-hybridized carbons (Fsp3) is 0.667. The highest BCUT2D eigenvalue weighted by Gasteiger charge is 2.42. The van der Waals surface area contributed by atoms with E-state index in [1.165, 1.54) is 5.57 Å². The van der Waals surface area contributed by atoms with E-state index < -0.39 is 0 Å². The molecular formula is C15H22O. The molecule has 0 N–H and O–H groups in total. The van der Waals surface area contributed by atoms with Crippen LogP contribution in [0.2, 0.25) is 0 Å². The van der Waals surface area contributed by atoms with Crippen LogP contribution in [0.25, 0.3) is 0 Å². The zero-order valence-corrected chi connectivity index (χ0v) is 10.6. The number of rotatable bonds is 1. The van der Waals surface area contributed by atoms with Crippen molar-refractivity contribution in [2.24, 2.45) is 23.7 Å². The highest BCUT2D eigenvalue weighted by molar-refractivity contribution is 5.98. The van der Waals surface area contributed by atoms with Gasteiger partial charge >= 0.3 is 0 Å². The molecule has 88 valence electrons. The molecule has 0 aliphatic heterocycles. The molecule has 0 aromatic carbocycles. The van der Waals surface area contributed by atoms with Crippen molar-refractivity contribution in [1.82, 2.24) is 0 Å². The summed E-state index contributed by atoms with van der Waals surface area (Å²) in [6.07, 6.45) is 5.45. The lowest BCUT2D eigenvalue weighted by atomic mass is 9.61. The molecule has 2 aliphatic carbocycles. The van der Waals surface area contributed by atoms with Crippen LogP contribution in [-0.4, -0.2) is 5.78 Å². The number of allylic oxidation sites excluding steroid dienone is 3. The van der Waals surface area contributed by atoms with Crippen LogP contribution in [0, 0.1) is 23.7 Å². The zero-order chi connectivity index (χ0) is 11.9. The Kier molecular flexibility index (Phi) is 3.05. The number of carbonyl (C=O) groups is 1. The minimum atomic E-state index is 0.228. The number of hydrogen-bond donors (Lipinski definition) is 0. The van der Waals surface area contributed by atoms with E-state index in [0.29, 0.717) is 23.5 Å². The Hall–Kier alpha value is -0.850. The Morgan fingerprint density at radius 2 is 2.12 bits per heavy atom. The van der Waals surface area contributed by atoms with Crippen LogP contribution in [-0.2, 0) is 4.79 Å². The molecule has 0 saturated heterocycles. The van der Waals surface area contributed by atoms with Crippen molar-refractivity contribution in [2.75, 3.05) is 0 Å². The van der Waals surface area contributed by atoms with E-state index in [2.05, 4.69) is 33.4 Å². The first-order valence-electron chi connectivity index (χ1n) is 6.41. The summed E-state index contributed by atoms with van der Waals surface area (Å²) in [5, 5.41) is 0. The van der Waals surface area contributed by atoms with Crippen molar-refractivity contribution >= 4 is 5.78 Å². The molecule has 0 amide bonds. The van der Waals surface area contributed by atoms with Crippen molar-refractivity contribution in [3.05, 3.63) is 23.8 Å². The Morgan fingerprint density at radius 3 is 2.75 bits per heavy atom. The van der Waals surface area contributed by atoms with Crippen LogP contribution < -0.4 is 0 Å². The molecule has 1 fully saturated rings. The molecule has 1 saturated carbocycles. The van der Waals surface area contributed by atoms with Gasteiger partial charge in [0.15, 0.2) is 5.78 Å². The maximum Gasteiger partial charge on any atom is 0.162 e. The molecule has 3 atom stereocenters. The molecule has 0 radical (unpaired) electrons. The third-order valence-corrected chi connectivity index (χ3v) is 4.46. The number of ketones is 1. The van der Waals surface area contributed by atoms with Gasteiger partial charge in [-0.2, -0.15) is 0 Å². The maximum absolute atomic E-state index is 12.3. The Balaban J connectivity index is 2.34. The number of carbonyl (C=O) groups excluding carboxylic acids is 1. The van der Waals surface area contributed by atoms with E-state index >= 15 is 0 Å². The number of Topliss-reactive ketones (excluding diaryl/α,β-unsaturated/α-hetero) is 1. The summed E-state index contributed by atoms with van der Waals surface area (Å²) in [7, 11) is 0. The highest BCUT2D eigenvalue weighted by atomic mass is 16.1. The van der Waals surface area contributed by atoms with E-state index in [4.69, 9.17) is 0 Å². The summed E-state index contributed by atoms with van der Waals surface area (Å²) < 4.78 is 0. The maximum atomic E-state index is 12.3. The molecule has 2 rings (SSSR count). The Morgan fingerprint density at radius 1 is 1.44 bits per heavy atom. The molecule has 0 bridgehead atoms. The van der Waals surface area contributed by atoms with Gasteiger partial charge in [0.1, 0.15) is 0 Å². The van der Waals surface area contributed by atoms with E-state index in [-0.39, 0.29) is 5.92 Å². The lowest BCUT2D eigenvalue weighted by Crippen LogP contribution is -2.40. The topological polar surface area (TPSA) is 17.1 Å². The molecule has 2 aliphatic rings. The fourth-order valence-electron chi connectivity index (χ4n) is 3.36. The van der Waals surface area contributed by atoms with Gasteiger partial charge < -0.3 is 0 Å². The minimum absolute atomic E-state index is 0.228. The average molecular weight is 218 g/mol. The Labute approximate surface area is 98.6 Å². The second-order valence-corrected chi connectivity index (χ2v) is 5.73. The largest absolute Gasteiger partial charge is 0.294 e. The summed E-state index contributed by atoms with van der Waals surface area (Å²) in [5.41, 5.74) is 2.30. The van der Waals surface area contributed by atoms with Crippen molar-refractivity contribution in [2.45, 2.75) is 40.0 Å². The van der Waals surface area contributed by atoms with E-state index in [1.807, 2.05) is 0 Å². The van der Waals surface area contributed by atoms with E-state index in [0.717, 1.165) is 24.8 Å². The molecule has 0 aromatic heterocycles. The molecule has 1 heteroatoms. The summed E-state index contributed by atoms with van der Waals surface area (Å²) in [6, 6.07) is 0. The van der Waals surface area contributed by atoms with Gasteiger partial charge in [0.25, 0.3) is 0 Å². The third kappa shape index (κ3) is 1.77. The van der Waals surface area contributed by atoms with Crippen LogP contribution in [0.4, 0.5) is 0 Å². The zero-order valence-electron chi connectivity index (χ0n) is 10.6. The van der Waals surface area contributed by atoms with Crippen LogP contribution in [0.3, 0.4) is 0 Å². The van der Waals surface area contributed by atoms with Gasteiger partial charge in [0, 0.05) is 5.92 Å². The standard InChI is InChI=1S/C15H22O/c1-9(2)12-7-5-10(3)13-8-6-11(4)15(16)14(12)13/h5,9,12-14H,4,6-8H2,1-3H3/t12-,13+,14-/m1/s1. The second-order valence-electron chi connectivity index (χ2n) is 5.73. The summed E-state index contributed by atoms with van der Waals surface area (Å²) >= 11 is 0. The van der Waals surface area contributed by atoms with Crippen LogP contribution in [0.1, 0.15) is 40.0 Å². The highest BCUT2D eigenvalue weighted by Crippen LogP contribution is 2.45. The van der Waals surface area contributed by atoms with Gasteiger partial charge in [0.2, 0.25) is 0 Å². The predicted molar refractivity (Wildman–Crippen MR) is 67.1 cm³/mol. The predicted octanol–water partition coefficient (Wildman–Crippen LogP) is 3.76. The number of fused-ring (bicyclic) bond motifs is 1. The van der Waals surface area contributed by atoms with Gasteiger partial charge in [-0.05, 0) is 49.5 Å². The van der Waals surface area contributed by atoms with Gasteiger partial charge in [-0.15, -0.1) is 0 Å². The van der Waals surface area contributed by atoms with Gasteiger partial charge in [-0.1, -0.05) is 32.1 Å². The van der Waals surface area contributed by atoms with Gasteiger partial charge in [-0.3, -0.25) is 4.79 Å². The van der Waals surface area contributed by atoms with Crippen molar-refractivity contribution in [1.29, 1.82) is 0 Å². The second kappa shape index (κ2) is 4.20. The Bertz CT molecular complexity index is 348. The minimum Gasteiger partial charge on any atom is -0.294 e. The fourth-order valence-corrected chi connectivity index (χ4v) is 3.36. The molecule has 0 aromatic rings. The van der Waals surface area contributed by atoms with Crippen LogP contribution in [0.15, 0.2) is 23.8 Å². The average Bonchev–Trinajstić information content (AvgIpc) is 2.23. The first kappa shape index (κ1) is 11.6. The summed E-state index contributed by atoms with van der Waals surface area (Å²) in [6.45, 7) is 10.6. The van der Waals surface area contributed by atoms with Gasteiger partial charge in [-0.25, -0.2) is 0 Å². The molecule has 0 spiro atoms. The molecule has 16 heavy (non-hydrogen) atoms. The lowest BCUT2D eigenvalue weighted by molar-refractivity contribution is -0.124. The normalized spacial score (nSPS) is 35.0. The monoisotopic (exact) mass is 218 g/mol. The van der Waals surface area contributed by atoms with Crippen LogP contribution >= 0.6 is 0 Å². The quantitative estimate of drug-likeness (QED) is 0.484. The van der Waals surface area contributed by atoms with Crippen LogP contribution in [0.5, 0.6) is 0 Å². The first-order valence-corrected chi connectivity index (χ1v) is 6.41. The van der Waals surface area contributed by atoms with E-state index in [9.17, 15) is 4.79 Å². The molecule has 0 unspecified atom stereocenters. The van der Waals surface area contributed by atoms with Gasteiger partial charge in [0.05, 0.1) is 0 Å². The molecule has 1 nitrogen and oxygen atoms in total. The SMILES string of the molecule is C=C1CC[C@H]2C(C)=CC[C@H](C(C)C)[C@H]2C1=O. The third-order valence-electron chi connectivity index (χ3n) is 4.46. The molecular weight excluding hydrogens is 196 g/mol. The van der Waals surface area contributed by atoms with Crippen molar-refractivity contribution in [3.8, 4) is 0 Å². The van der Waals surface area contributed by atoms with Crippen molar-refractivity contribution < 1.29 is 4.79 Å².